The molecule has 0 atom stereocenters. The molecule has 2 fully saturated rings. The first-order valence-electron chi connectivity index (χ1n) is 9.37. The first kappa shape index (κ1) is 20.0. The maximum absolute atomic E-state index is 13.9. The van der Waals surface area contributed by atoms with Crippen LogP contribution in [0.5, 0.6) is 0 Å². The molecule has 0 aliphatic carbocycles. The molecule has 148 valence electrons. The first-order chi connectivity index (χ1) is 13.1. The second kappa shape index (κ2) is 9.48. The van der Waals surface area contributed by atoms with E-state index in [-0.39, 0.29) is 22.4 Å². The maximum atomic E-state index is 13.9. The van der Waals surface area contributed by atoms with Crippen molar-refractivity contribution >= 4 is 23.4 Å². The molecule has 8 heteroatoms. The number of nitrogens with one attached hydrogen (secondary N) is 1. The van der Waals surface area contributed by atoms with Gasteiger partial charge < -0.3 is 15.0 Å². The molecule has 1 aromatic rings. The molecule has 27 heavy (non-hydrogen) atoms. The van der Waals surface area contributed by atoms with E-state index in [4.69, 9.17) is 16.3 Å². The van der Waals surface area contributed by atoms with E-state index in [2.05, 4.69) is 10.2 Å². The number of likely N-dealkylation sites (tertiary alicyclic amines) is 1. The highest BCUT2D eigenvalue weighted by atomic mass is 35.5. The number of morpholine rings is 1. The molecule has 0 bridgehead atoms. The van der Waals surface area contributed by atoms with Crippen LogP contribution in [0, 0.1) is 11.7 Å². The Morgan fingerprint density at radius 1 is 1.19 bits per heavy atom. The molecule has 2 saturated heterocycles. The molecule has 2 aliphatic rings. The standard InChI is InChI=1S/C19H25ClFN3O3/c20-15-2-1-3-16(21)17(15)19(26)24-7-4-14(5-8-24)18(25)22-6-9-23-10-12-27-13-11-23/h1-3,14H,4-13H2,(H,22,25). The number of rotatable bonds is 5. The summed E-state index contributed by atoms with van der Waals surface area (Å²) in [5.41, 5.74) is -0.0902. The van der Waals surface area contributed by atoms with Crippen LogP contribution in [0.4, 0.5) is 4.39 Å². The van der Waals surface area contributed by atoms with Crippen molar-refractivity contribution in [2.45, 2.75) is 12.8 Å². The van der Waals surface area contributed by atoms with E-state index in [9.17, 15) is 14.0 Å². The van der Waals surface area contributed by atoms with Gasteiger partial charge in [-0.15, -0.1) is 0 Å². The summed E-state index contributed by atoms with van der Waals surface area (Å²) in [7, 11) is 0. The van der Waals surface area contributed by atoms with E-state index < -0.39 is 11.7 Å². The molecule has 2 aliphatic heterocycles. The monoisotopic (exact) mass is 397 g/mol. The van der Waals surface area contributed by atoms with Crippen molar-refractivity contribution in [3.63, 3.8) is 0 Å². The minimum Gasteiger partial charge on any atom is -0.379 e. The van der Waals surface area contributed by atoms with Crippen LogP contribution in [0.2, 0.25) is 5.02 Å². The fourth-order valence-corrected chi connectivity index (χ4v) is 3.76. The van der Waals surface area contributed by atoms with Crippen LogP contribution in [0.1, 0.15) is 23.2 Å². The van der Waals surface area contributed by atoms with E-state index in [1.165, 1.54) is 18.2 Å². The SMILES string of the molecule is O=C(NCCN1CCOCC1)C1CCN(C(=O)c2c(F)cccc2Cl)CC1. The van der Waals surface area contributed by atoms with Crippen LogP contribution in [0.25, 0.3) is 0 Å². The molecule has 1 aromatic carbocycles. The summed E-state index contributed by atoms with van der Waals surface area (Å²) in [6.07, 6.45) is 1.14. The Bertz CT molecular complexity index is 654. The zero-order valence-corrected chi connectivity index (χ0v) is 16.0. The number of ether oxygens (including phenoxy) is 1. The third kappa shape index (κ3) is 5.18. The number of benzene rings is 1. The maximum Gasteiger partial charge on any atom is 0.258 e. The van der Waals surface area contributed by atoms with Crippen LogP contribution in [-0.2, 0) is 9.53 Å². The van der Waals surface area contributed by atoms with E-state index in [0.717, 1.165) is 32.8 Å². The number of hydrogen-bond acceptors (Lipinski definition) is 4. The van der Waals surface area contributed by atoms with Gasteiger partial charge in [-0.1, -0.05) is 17.7 Å². The third-order valence-corrected chi connectivity index (χ3v) is 5.48. The predicted octanol–water partition coefficient (Wildman–Crippen LogP) is 1.78. The zero-order valence-electron chi connectivity index (χ0n) is 15.3. The van der Waals surface area contributed by atoms with Crippen LogP contribution in [0.15, 0.2) is 18.2 Å². The molecular weight excluding hydrogens is 373 g/mol. The van der Waals surface area contributed by atoms with Gasteiger partial charge in [-0.05, 0) is 25.0 Å². The summed E-state index contributed by atoms with van der Waals surface area (Å²) >= 11 is 5.98. The van der Waals surface area contributed by atoms with Crippen molar-refractivity contribution in [1.82, 2.24) is 15.1 Å². The minimum absolute atomic E-state index is 0.0271. The van der Waals surface area contributed by atoms with Crippen molar-refractivity contribution in [3.8, 4) is 0 Å². The Kier molecular flexibility index (Phi) is 7.04. The highest BCUT2D eigenvalue weighted by Crippen LogP contribution is 2.24. The minimum atomic E-state index is -0.615. The third-order valence-electron chi connectivity index (χ3n) is 5.16. The molecule has 6 nitrogen and oxygen atoms in total. The molecular formula is C19H25ClFN3O3. The number of halogens is 2. The lowest BCUT2D eigenvalue weighted by molar-refractivity contribution is -0.126. The summed E-state index contributed by atoms with van der Waals surface area (Å²) in [4.78, 5) is 28.7. The lowest BCUT2D eigenvalue weighted by Crippen LogP contribution is -2.45. The molecule has 0 radical (unpaired) electrons. The van der Waals surface area contributed by atoms with Gasteiger partial charge in [0, 0.05) is 45.2 Å². The highest BCUT2D eigenvalue weighted by molar-refractivity contribution is 6.33. The van der Waals surface area contributed by atoms with Gasteiger partial charge >= 0.3 is 0 Å². The van der Waals surface area contributed by atoms with Crippen molar-refractivity contribution in [2.75, 3.05) is 52.5 Å². The van der Waals surface area contributed by atoms with E-state index in [1.807, 2.05) is 0 Å². The smallest absolute Gasteiger partial charge is 0.258 e. The average molecular weight is 398 g/mol. The summed E-state index contributed by atoms with van der Waals surface area (Å²) in [6, 6.07) is 4.21. The second-order valence-electron chi connectivity index (χ2n) is 6.91. The lowest BCUT2D eigenvalue weighted by atomic mass is 9.95. The summed E-state index contributed by atoms with van der Waals surface area (Å²) in [5, 5.41) is 3.10. The van der Waals surface area contributed by atoms with Crippen molar-refractivity contribution in [3.05, 3.63) is 34.6 Å². The fraction of sp³-hybridized carbons (Fsp3) is 0.579. The van der Waals surface area contributed by atoms with Crippen LogP contribution < -0.4 is 5.32 Å². The molecule has 0 unspecified atom stereocenters. The lowest BCUT2D eigenvalue weighted by Gasteiger charge is -2.32. The van der Waals surface area contributed by atoms with Crippen molar-refractivity contribution in [1.29, 1.82) is 0 Å². The molecule has 2 amide bonds. The van der Waals surface area contributed by atoms with Gasteiger partial charge in [-0.3, -0.25) is 14.5 Å². The number of carbonyl (C=O) groups excluding carboxylic acids is 2. The summed E-state index contributed by atoms with van der Waals surface area (Å²) in [6.45, 7) is 5.56. The number of nitrogens with zero attached hydrogens (tertiary/aromatic N) is 2. The van der Waals surface area contributed by atoms with Gasteiger partial charge in [0.05, 0.1) is 23.8 Å². The quantitative estimate of drug-likeness (QED) is 0.822. The van der Waals surface area contributed by atoms with Crippen LogP contribution >= 0.6 is 11.6 Å². The second-order valence-corrected chi connectivity index (χ2v) is 7.32. The van der Waals surface area contributed by atoms with E-state index in [0.29, 0.717) is 32.5 Å². The van der Waals surface area contributed by atoms with Gasteiger partial charge in [0.25, 0.3) is 5.91 Å². The molecule has 1 N–H and O–H groups in total. The molecule has 2 heterocycles. The first-order valence-corrected chi connectivity index (χ1v) is 9.75. The fourth-order valence-electron chi connectivity index (χ4n) is 3.51. The summed E-state index contributed by atoms with van der Waals surface area (Å²) in [5.74, 6) is -1.12. The average Bonchev–Trinajstić information content (AvgIpc) is 2.68. The van der Waals surface area contributed by atoms with E-state index in [1.54, 1.807) is 4.90 Å². The predicted molar refractivity (Wildman–Crippen MR) is 100 cm³/mol. The van der Waals surface area contributed by atoms with Gasteiger partial charge in [0.15, 0.2) is 0 Å². The molecule has 0 spiro atoms. The highest BCUT2D eigenvalue weighted by Gasteiger charge is 2.29. The molecule has 0 saturated carbocycles. The Labute approximate surface area is 163 Å². The Balaban J connectivity index is 1.44. The van der Waals surface area contributed by atoms with Crippen LogP contribution in [-0.4, -0.2) is 74.1 Å². The summed E-state index contributed by atoms with van der Waals surface area (Å²) < 4.78 is 19.3. The van der Waals surface area contributed by atoms with E-state index >= 15 is 0 Å². The topological polar surface area (TPSA) is 61.9 Å². The van der Waals surface area contributed by atoms with Gasteiger partial charge in [-0.25, -0.2) is 4.39 Å². The number of amides is 2. The van der Waals surface area contributed by atoms with Gasteiger partial charge in [0.2, 0.25) is 5.91 Å². The van der Waals surface area contributed by atoms with Crippen molar-refractivity contribution < 1.29 is 18.7 Å². The number of carbonyl (C=O) groups is 2. The molecule has 0 aromatic heterocycles. The Morgan fingerprint density at radius 3 is 2.56 bits per heavy atom. The Morgan fingerprint density at radius 2 is 1.89 bits per heavy atom. The zero-order chi connectivity index (χ0) is 19.2. The molecule has 3 rings (SSSR count). The Hall–Kier alpha value is -1.70. The normalized spacial score (nSPS) is 19.1. The number of piperidine rings is 1. The van der Waals surface area contributed by atoms with Crippen molar-refractivity contribution in [2.24, 2.45) is 5.92 Å². The number of hydrogen-bond donors (Lipinski definition) is 1. The van der Waals surface area contributed by atoms with Gasteiger partial charge in [-0.2, -0.15) is 0 Å². The largest absolute Gasteiger partial charge is 0.379 e. The van der Waals surface area contributed by atoms with Crippen LogP contribution in [0.3, 0.4) is 0 Å². The van der Waals surface area contributed by atoms with Gasteiger partial charge in [0.1, 0.15) is 5.82 Å².